The van der Waals surface area contributed by atoms with Gasteiger partial charge in [0.1, 0.15) is 17.8 Å². The summed E-state index contributed by atoms with van der Waals surface area (Å²) in [5, 5.41) is 2.87. The molecule has 2 aliphatic rings. The molecule has 7 nitrogen and oxygen atoms in total. The van der Waals surface area contributed by atoms with Gasteiger partial charge in [0.25, 0.3) is 5.91 Å². The molecule has 2 amide bonds. The number of rotatable bonds is 4. The second-order valence-corrected chi connectivity index (χ2v) is 7.04. The predicted molar refractivity (Wildman–Crippen MR) is 97.1 cm³/mol. The van der Waals surface area contributed by atoms with Crippen LogP contribution in [-0.4, -0.2) is 44.3 Å². The van der Waals surface area contributed by atoms with Gasteiger partial charge in [0.2, 0.25) is 5.91 Å². The molecule has 1 saturated heterocycles. The maximum Gasteiger partial charge on any atom is 0.274 e. The number of hydrogen-bond donors (Lipinski definition) is 1. The van der Waals surface area contributed by atoms with E-state index in [0.717, 1.165) is 38.8 Å². The predicted octanol–water partition coefficient (Wildman–Crippen LogP) is 2.63. The summed E-state index contributed by atoms with van der Waals surface area (Å²) in [5.74, 6) is 0.874. The minimum Gasteiger partial charge on any atom is -0.337 e. The fourth-order valence-corrected chi connectivity index (χ4v) is 3.20. The van der Waals surface area contributed by atoms with Gasteiger partial charge in [-0.3, -0.25) is 14.2 Å². The van der Waals surface area contributed by atoms with E-state index in [1.807, 2.05) is 17.0 Å². The number of nitrogens with zero attached hydrogens (tertiary/aromatic N) is 4. The summed E-state index contributed by atoms with van der Waals surface area (Å²) in [5.41, 5.74) is 1.13. The number of hydrogen-bond acceptors (Lipinski definition) is 4. The molecule has 2 aromatic rings. The molecule has 1 aliphatic heterocycles. The van der Waals surface area contributed by atoms with Crippen LogP contribution in [0.3, 0.4) is 0 Å². The lowest BCUT2D eigenvalue weighted by Gasteiger charge is -2.18. The molecule has 1 saturated carbocycles. The first-order chi connectivity index (χ1) is 12.7. The smallest absolute Gasteiger partial charge is 0.274 e. The molecule has 4 rings (SSSR count). The van der Waals surface area contributed by atoms with E-state index in [-0.39, 0.29) is 17.7 Å². The maximum atomic E-state index is 12.6. The van der Waals surface area contributed by atoms with Gasteiger partial charge in [0.05, 0.1) is 11.9 Å². The van der Waals surface area contributed by atoms with Crippen LogP contribution in [0.2, 0.25) is 0 Å². The Morgan fingerprint density at radius 3 is 2.46 bits per heavy atom. The van der Waals surface area contributed by atoms with Crippen LogP contribution in [0, 0.1) is 5.92 Å². The third-order valence-corrected chi connectivity index (χ3v) is 4.92. The number of carbonyl (C=O) groups is 2. The average molecular weight is 353 g/mol. The van der Waals surface area contributed by atoms with Crippen molar-refractivity contribution in [1.82, 2.24) is 19.4 Å². The van der Waals surface area contributed by atoms with Crippen molar-refractivity contribution in [2.45, 2.75) is 38.5 Å². The van der Waals surface area contributed by atoms with Crippen LogP contribution in [0.1, 0.15) is 49.0 Å². The fourth-order valence-electron chi connectivity index (χ4n) is 3.20. The highest BCUT2D eigenvalue weighted by molar-refractivity contribution is 5.94. The number of nitrogens with one attached hydrogen (secondary N) is 1. The van der Waals surface area contributed by atoms with E-state index in [9.17, 15) is 9.59 Å². The summed E-state index contributed by atoms with van der Waals surface area (Å²) >= 11 is 0. The van der Waals surface area contributed by atoms with E-state index in [4.69, 9.17) is 0 Å². The number of pyridine rings is 1. The van der Waals surface area contributed by atoms with Gasteiger partial charge in [-0.25, -0.2) is 9.97 Å². The van der Waals surface area contributed by atoms with Gasteiger partial charge in [0, 0.05) is 25.2 Å². The Bertz CT molecular complexity index is 787. The van der Waals surface area contributed by atoms with Crippen molar-refractivity contribution in [3.63, 3.8) is 0 Å². The van der Waals surface area contributed by atoms with Gasteiger partial charge < -0.3 is 10.2 Å². The average Bonchev–Trinajstić information content (AvgIpc) is 3.45. The van der Waals surface area contributed by atoms with E-state index < -0.39 is 0 Å². The van der Waals surface area contributed by atoms with E-state index in [2.05, 4.69) is 15.3 Å². The normalized spacial score (nSPS) is 17.6. The summed E-state index contributed by atoms with van der Waals surface area (Å²) in [6.45, 7) is 1.61. The lowest BCUT2D eigenvalue weighted by Crippen LogP contribution is -2.32. The standard InChI is InChI=1S/C19H23N5O2/c25-18(14-5-6-14)22-15-7-8-17(20-11-15)24-12-16(21-13-24)19(26)23-9-3-1-2-4-10-23/h7-8,11-14H,1-6,9-10H2,(H,22,25). The molecule has 2 fully saturated rings. The first-order valence-corrected chi connectivity index (χ1v) is 9.31. The lowest BCUT2D eigenvalue weighted by molar-refractivity contribution is -0.117. The zero-order valence-electron chi connectivity index (χ0n) is 14.7. The highest BCUT2D eigenvalue weighted by Crippen LogP contribution is 2.30. The summed E-state index contributed by atoms with van der Waals surface area (Å²) in [7, 11) is 0. The zero-order valence-corrected chi connectivity index (χ0v) is 14.7. The molecule has 0 bridgehead atoms. The molecular formula is C19H23N5O2. The van der Waals surface area contributed by atoms with Crippen molar-refractivity contribution in [2.24, 2.45) is 5.92 Å². The van der Waals surface area contributed by atoms with Crippen LogP contribution in [0.5, 0.6) is 0 Å². The molecule has 136 valence electrons. The quantitative estimate of drug-likeness (QED) is 0.916. The minimum absolute atomic E-state index is 0.0148. The SMILES string of the molecule is O=C(Nc1ccc(-n2cnc(C(=O)N3CCCCCC3)c2)nc1)C1CC1. The molecule has 0 atom stereocenters. The second kappa shape index (κ2) is 7.27. The molecule has 26 heavy (non-hydrogen) atoms. The van der Waals surface area contributed by atoms with Gasteiger partial charge >= 0.3 is 0 Å². The molecule has 0 unspecified atom stereocenters. The van der Waals surface area contributed by atoms with E-state index in [0.29, 0.717) is 17.2 Å². The van der Waals surface area contributed by atoms with Gasteiger partial charge in [-0.1, -0.05) is 12.8 Å². The third-order valence-electron chi connectivity index (χ3n) is 4.92. The molecule has 2 aromatic heterocycles. The third kappa shape index (κ3) is 3.76. The Kier molecular flexibility index (Phi) is 4.69. The number of amides is 2. The molecule has 0 radical (unpaired) electrons. The topological polar surface area (TPSA) is 80.1 Å². The Morgan fingerprint density at radius 2 is 1.81 bits per heavy atom. The summed E-state index contributed by atoms with van der Waals surface area (Å²) in [4.78, 5) is 34.9. The Hall–Kier alpha value is -2.70. The van der Waals surface area contributed by atoms with Gasteiger partial charge in [-0.15, -0.1) is 0 Å². The van der Waals surface area contributed by atoms with Crippen LogP contribution in [0.25, 0.3) is 5.82 Å². The number of aromatic nitrogens is 3. The Labute approximate surface area is 152 Å². The van der Waals surface area contributed by atoms with Crippen molar-refractivity contribution in [3.05, 3.63) is 36.5 Å². The molecular weight excluding hydrogens is 330 g/mol. The molecule has 7 heteroatoms. The molecule has 0 spiro atoms. The van der Waals surface area contributed by atoms with Crippen molar-refractivity contribution >= 4 is 17.5 Å². The molecule has 1 aliphatic carbocycles. The van der Waals surface area contributed by atoms with Crippen LogP contribution in [0.15, 0.2) is 30.9 Å². The number of imidazole rings is 1. The first-order valence-electron chi connectivity index (χ1n) is 9.31. The minimum atomic E-state index is -0.0148. The highest BCUT2D eigenvalue weighted by atomic mass is 16.2. The van der Waals surface area contributed by atoms with E-state index >= 15 is 0 Å². The van der Waals surface area contributed by atoms with Gasteiger partial charge in [-0.2, -0.15) is 0 Å². The molecule has 3 heterocycles. The number of anilines is 1. The van der Waals surface area contributed by atoms with Crippen LogP contribution < -0.4 is 5.32 Å². The van der Waals surface area contributed by atoms with Crippen molar-refractivity contribution in [2.75, 3.05) is 18.4 Å². The van der Waals surface area contributed by atoms with Gasteiger partial charge in [-0.05, 0) is 37.8 Å². The molecule has 0 aromatic carbocycles. The second-order valence-electron chi connectivity index (χ2n) is 7.04. The first kappa shape index (κ1) is 16.8. The van der Waals surface area contributed by atoms with E-state index in [1.54, 1.807) is 23.3 Å². The fraction of sp³-hybridized carbons (Fsp3) is 0.474. The summed E-state index contributed by atoms with van der Waals surface area (Å²) in [6.07, 6.45) is 11.4. The Morgan fingerprint density at radius 1 is 1.04 bits per heavy atom. The monoisotopic (exact) mass is 353 g/mol. The Balaban J connectivity index is 1.43. The molecule has 1 N–H and O–H groups in total. The van der Waals surface area contributed by atoms with Crippen LogP contribution in [-0.2, 0) is 4.79 Å². The summed E-state index contributed by atoms with van der Waals surface area (Å²) < 4.78 is 1.73. The van der Waals surface area contributed by atoms with Crippen molar-refractivity contribution < 1.29 is 9.59 Å². The number of carbonyl (C=O) groups excluding carboxylic acids is 2. The highest BCUT2D eigenvalue weighted by Gasteiger charge is 2.29. The van der Waals surface area contributed by atoms with Crippen LogP contribution >= 0.6 is 0 Å². The zero-order chi connectivity index (χ0) is 17.9. The van der Waals surface area contributed by atoms with Crippen LogP contribution in [0.4, 0.5) is 5.69 Å². The largest absolute Gasteiger partial charge is 0.337 e. The summed E-state index contributed by atoms with van der Waals surface area (Å²) in [6, 6.07) is 3.63. The number of likely N-dealkylation sites (tertiary alicyclic amines) is 1. The van der Waals surface area contributed by atoms with E-state index in [1.165, 1.54) is 12.8 Å². The maximum absolute atomic E-state index is 12.6. The van der Waals surface area contributed by atoms with Crippen molar-refractivity contribution in [1.29, 1.82) is 0 Å². The van der Waals surface area contributed by atoms with Gasteiger partial charge in [0.15, 0.2) is 0 Å². The lowest BCUT2D eigenvalue weighted by atomic mass is 10.2. The van der Waals surface area contributed by atoms with Crippen molar-refractivity contribution in [3.8, 4) is 5.82 Å².